The molecule has 2 rings (SSSR count). The molecule has 0 fully saturated rings. The molecule has 0 saturated heterocycles. The Kier molecular flexibility index (Phi) is 4.83. The number of carbonyl (C=O) groups excluding carboxylic acids is 2. The highest BCUT2D eigenvalue weighted by Gasteiger charge is 2.33. The maximum absolute atomic E-state index is 12.4. The van der Waals surface area contributed by atoms with Crippen LogP contribution >= 0.6 is 0 Å². The first kappa shape index (κ1) is 15.4. The summed E-state index contributed by atoms with van der Waals surface area (Å²) in [7, 11) is 1.33. The summed E-state index contributed by atoms with van der Waals surface area (Å²) in [5.74, 6) is 0.0263. The highest BCUT2D eigenvalue weighted by molar-refractivity contribution is 5.89. The number of hydrogen-bond donors (Lipinski definition) is 1. The zero-order chi connectivity index (χ0) is 15.4. The van der Waals surface area contributed by atoms with Crippen LogP contribution in [0.2, 0.25) is 0 Å². The van der Waals surface area contributed by atoms with E-state index in [0.29, 0.717) is 13.0 Å². The molecule has 0 spiro atoms. The van der Waals surface area contributed by atoms with E-state index in [-0.39, 0.29) is 17.7 Å². The molecule has 2 unspecified atom stereocenters. The van der Waals surface area contributed by atoms with Crippen molar-refractivity contribution < 1.29 is 19.1 Å². The molecule has 1 aromatic rings. The zero-order valence-corrected chi connectivity index (χ0v) is 12.6. The third-order valence-corrected chi connectivity index (χ3v) is 3.53. The van der Waals surface area contributed by atoms with Crippen molar-refractivity contribution in [3.63, 3.8) is 0 Å². The lowest BCUT2D eigenvalue weighted by Crippen LogP contribution is -2.44. The fourth-order valence-electron chi connectivity index (χ4n) is 2.48. The number of fused-ring (bicyclic) bond motifs is 1. The number of carbonyl (C=O) groups is 2. The van der Waals surface area contributed by atoms with Crippen LogP contribution in [-0.4, -0.2) is 31.6 Å². The average Bonchev–Trinajstić information content (AvgIpc) is 2.89. The molecule has 2 atom stereocenters. The Morgan fingerprint density at radius 3 is 2.76 bits per heavy atom. The summed E-state index contributed by atoms with van der Waals surface area (Å²) in [6, 6.07) is 6.85. The van der Waals surface area contributed by atoms with Crippen molar-refractivity contribution in [1.29, 1.82) is 0 Å². The van der Waals surface area contributed by atoms with Crippen LogP contribution in [0.15, 0.2) is 24.3 Å². The van der Waals surface area contributed by atoms with Crippen molar-refractivity contribution in [1.82, 2.24) is 5.32 Å². The van der Waals surface area contributed by atoms with Gasteiger partial charge in [-0.1, -0.05) is 32.0 Å². The highest BCUT2D eigenvalue weighted by atomic mass is 16.5. The number of rotatable bonds is 5. The molecular weight excluding hydrogens is 270 g/mol. The average molecular weight is 291 g/mol. The Bertz CT molecular complexity index is 527. The SMILES string of the molecule is COC(=O)C(CC(C)C)NC(=O)C1COc2ccccc21. The molecule has 5 nitrogen and oxygen atoms in total. The maximum atomic E-state index is 12.4. The molecule has 1 heterocycles. The second-order valence-electron chi connectivity index (χ2n) is 5.62. The van der Waals surface area contributed by atoms with Crippen LogP contribution < -0.4 is 10.1 Å². The first-order valence-corrected chi connectivity index (χ1v) is 7.12. The molecule has 1 aliphatic rings. The van der Waals surface area contributed by atoms with E-state index in [0.717, 1.165) is 11.3 Å². The molecule has 1 aliphatic heterocycles. The Morgan fingerprint density at radius 1 is 1.38 bits per heavy atom. The van der Waals surface area contributed by atoms with Gasteiger partial charge in [0.25, 0.3) is 0 Å². The Labute approximate surface area is 124 Å². The van der Waals surface area contributed by atoms with Gasteiger partial charge in [-0.05, 0) is 18.4 Å². The summed E-state index contributed by atoms with van der Waals surface area (Å²) in [5, 5.41) is 2.79. The third-order valence-electron chi connectivity index (χ3n) is 3.53. The number of para-hydroxylation sites is 1. The topological polar surface area (TPSA) is 64.6 Å². The van der Waals surface area contributed by atoms with E-state index in [1.54, 1.807) is 0 Å². The molecule has 114 valence electrons. The summed E-state index contributed by atoms with van der Waals surface area (Å²) in [6.07, 6.45) is 0.549. The van der Waals surface area contributed by atoms with Crippen molar-refractivity contribution in [2.75, 3.05) is 13.7 Å². The lowest BCUT2D eigenvalue weighted by molar-refractivity contribution is -0.145. The Hall–Kier alpha value is -2.04. The summed E-state index contributed by atoms with van der Waals surface area (Å²) in [4.78, 5) is 24.2. The van der Waals surface area contributed by atoms with Gasteiger partial charge in [0, 0.05) is 5.56 Å². The van der Waals surface area contributed by atoms with Crippen LogP contribution in [0.1, 0.15) is 31.7 Å². The van der Waals surface area contributed by atoms with Gasteiger partial charge in [-0.2, -0.15) is 0 Å². The fraction of sp³-hybridized carbons (Fsp3) is 0.500. The van der Waals surface area contributed by atoms with Crippen LogP contribution in [-0.2, 0) is 14.3 Å². The lowest BCUT2D eigenvalue weighted by atomic mass is 9.98. The molecule has 1 amide bonds. The molecule has 0 bridgehead atoms. The molecule has 0 saturated carbocycles. The van der Waals surface area contributed by atoms with Crippen molar-refractivity contribution in [2.45, 2.75) is 32.2 Å². The fourth-order valence-corrected chi connectivity index (χ4v) is 2.48. The van der Waals surface area contributed by atoms with E-state index >= 15 is 0 Å². The van der Waals surface area contributed by atoms with Crippen LogP contribution in [0.3, 0.4) is 0 Å². The van der Waals surface area contributed by atoms with Crippen LogP contribution in [0.5, 0.6) is 5.75 Å². The quantitative estimate of drug-likeness (QED) is 0.841. The van der Waals surface area contributed by atoms with E-state index in [1.165, 1.54) is 7.11 Å². The highest BCUT2D eigenvalue weighted by Crippen LogP contribution is 2.33. The van der Waals surface area contributed by atoms with Crippen molar-refractivity contribution in [3.8, 4) is 5.75 Å². The lowest BCUT2D eigenvalue weighted by Gasteiger charge is -2.20. The van der Waals surface area contributed by atoms with E-state index in [1.807, 2.05) is 38.1 Å². The summed E-state index contributed by atoms with van der Waals surface area (Å²) >= 11 is 0. The van der Waals surface area contributed by atoms with Gasteiger partial charge in [-0.25, -0.2) is 4.79 Å². The number of ether oxygens (including phenoxy) is 2. The predicted molar refractivity (Wildman–Crippen MR) is 78.1 cm³/mol. The minimum Gasteiger partial charge on any atom is -0.492 e. The third kappa shape index (κ3) is 3.54. The predicted octanol–water partition coefficient (Wildman–Crippen LogP) is 1.87. The molecule has 1 aromatic carbocycles. The summed E-state index contributed by atoms with van der Waals surface area (Å²) in [5.41, 5.74) is 0.864. The number of nitrogens with one attached hydrogen (secondary N) is 1. The van der Waals surface area contributed by atoms with Gasteiger partial charge in [-0.3, -0.25) is 4.79 Å². The van der Waals surface area contributed by atoms with E-state index in [9.17, 15) is 9.59 Å². The van der Waals surface area contributed by atoms with Gasteiger partial charge in [-0.15, -0.1) is 0 Å². The minimum atomic E-state index is -0.615. The van der Waals surface area contributed by atoms with E-state index < -0.39 is 12.0 Å². The first-order chi connectivity index (χ1) is 10.0. The summed E-state index contributed by atoms with van der Waals surface area (Å²) < 4.78 is 10.3. The van der Waals surface area contributed by atoms with Gasteiger partial charge in [0.2, 0.25) is 5.91 Å². The Balaban J connectivity index is 2.08. The number of amides is 1. The molecule has 0 aliphatic carbocycles. The van der Waals surface area contributed by atoms with Crippen LogP contribution in [0.25, 0.3) is 0 Å². The smallest absolute Gasteiger partial charge is 0.328 e. The van der Waals surface area contributed by atoms with Gasteiger partial charge < -0.3 is 14.8 Å². The molecule has 0 aromatic heterocycles. The molecular formula is C16H21NO4. The number of benzene rings is 1. The number of hydrogen-bond acceptors (Lipinski definition) is 4. The normalized spacial score (nSPS) is 17.8. The van der Waals surface area contributed by atoms with Gasteiger partial charge in [0.1, 0.15) is 24.3 Å². The zero-order valence-electron chi connectivity index (χ0n) is 12.6. The molecule has 21 heavy (non-hydrogen) atoms. The van der Waals surface area contributed by atoms with Crippen molar-refractivity contribution in [3.05, 3.63) is 29.8 Å². The van der Waals surface area contributed by atoms with E-state index in [4.69, 9.17) is 9.47 Å². The van der Waals surface area contributed by atoms with Gasteiger partial charge >= 0.3 is 5.97 Å². The van der Waals surface area contributed by atoms with Gasteiger partial charge in [0.15, 0.2) is 0 Å². The molecule has 1 N–H and O–H groups in total. The second-order valence-corrected chi connectivity index (χ2v) is 5.62. The maximum Gasteiger partial charge on any atom is 0.328 e. The monoisotopic (exact) mass is 291 g/mol. The first-order valence-electron chi connectivity index (χ1n) is 7.12. The minimum absolute atomic E-state index is 0.198. The van der Waals surface area contributed by atoms with E-state index in [2.05, 4.69) is 5.32 Å². The van der Waals surface area contributed by atoms with Crippen molar-refractivity contribution >= 4 is 11.9 Å². The molecule has 5 heteroatoms. The van der Waals surface area contributed by atoms with Crippen LogP contribution in [0.4, 0.5) is 0 Å². The number of esters is 1. The summed E-state index contributed by atoms with van der Waals surface area (Å²) in [6.45, 7) is 4.30. The van der Waals surface area contributed by atoms with Crippen LogP contribution in [0, 0.1) is 5.92 Å². The standard InChI is InChI=1S/C16H21NO4/c1-10(2)8-13(16(19)20-3)17-15(18)12-9-21-14-7-5-4-6-11(12)14/h4-7,10,12-13H,8-9H2,1-3H3,(H,17,18). The van der Waals surface area contributed by atoms with Crippen molar-refractivity contribution in [2.24, 2.45) is 5.92 Å². The van der Waals surface area contributed by atoms with Gasteiger partial charge in [0.05, 0.1) is 7.11 Å². The Morgan fingerprint density at radius 2 is 2.10 bits per heavy atom. The number of methoxy groups -OCH3 is 1. The molecule has 0 radical (unpaired) electrons. The largest absolute Gasteiger partial charge is 0.492 e. The second kappa shape index (κ2) is 6.61.